The molecule has 0 saturated heterocycles. The lowest BCUT2D eigenvalue weighted by Gasteiger charge is -2.21. The number of nitrogens with zero attached hydrogens (tertiary/aromatic N) is 2. The van der Waals surface area contributed by atoms with E-state index in [-0.39, 0.29) is 17.8 Å². The molecule has 3 aromatic rings. The van der Waals surface area contributed by atoms with Gasteiger partial charge in [-0.1, -0.05) is 11.6 Å². The zero-order valence-electron chi connectivity index (χ0n) is 16.3. The quantitative estimate of drug-likeness (QED) is 0.553. The Balaban J connectivity index is 1.79. The maximum Gasteiger partial charge on any atom is 0.417 e. The molecular weight excluding hydrogens is 447 g/mol. The second kappa shape index (κ2) is 9.58. The lowest BCUT2D eigenvalue weighted by molar-refractivity contribution is -0.137. The first kappa shape index (κ1) is 22.9. The number of carbonyl (C=O) groups excluding carboxylic acids is 2. The summed E-state index contributed by atoms with van der Waals surface area (Å²) in [4.78, 5) is 26.7. The molecule has 0 unspecified atom stereocenters. The molecule has 164 valence electrons. The Bertz CT molecular complexity index is 1150. The molecule has 0 spiro atoms. The summed E-state index contributed by atoms with van der Waals surface area (Å²) in [5, 5.41) is 10.8. The van der Waals surface area contributed by atoms with Gasteiger partial charge in [-0.05, 0) is 54.6 Å². The molecule has 2 aromatic carbocycles. The summed E-state index contributed by atoms with van der Waals surface area (Å²) in [5.74, 6) is -0.826. The van der Waals surface area contributed by atoms with E-state index in [4.69, 9.17) is 21.3 Å². The van der Waals surface area contributed by atoms with Crippen LogP contribution >= 0.6 is 11.6 Å². The molecule has 0 aliphatic rings. The molecule has 2 amide bonds. The van der Waals surface area contributed by atoms with E-state index in [0.29, 0.717) is 11.3 Å². The van der Waals surface area contributed by atoms with Gasteiger partial charge in [0.1, 0.15) is 12.3 Å². The number of halogens is 4. The number of amides is 2. The van der Waals surface area contributed by atoms with Gasteiger partial charge in [0.15, 0.2) is 0 Å². The summed E-state index contributed by atoms with van der Waals surface area (Å²) in [6, 6.07) is 14.0. The fraction of sp³-hybridized carbons (Fsp3) is 0.136. The van der Waals surface area contributed by atoms with E-state index < -0.39 is 35.1 Å². The van der Waals surface area contributed by atoms with Crippen LogP contribution in [0.25, 0.3) is 0 Å². The number of nitriles is 1. The third-order valence-electron chi connectivity index (χ3n) is 4.36. The van der Waals surface area contributed by atoms with Crippen LogP contribution in [0, 0.1) is 11.3 Å². The molecule has 0 atom stereocenters. The van der Waals surface area contributed by atoms with Crippen molar-refractivity contribution in [2.24, 2.45) is 0 Å². The van der Waals surface area contributed by atoms with E-state index in [1.807, 2.05) is 6.07 Å². The normalized spacial score (nSPS) is 11.0. The average molecular weight is 462 g/mol. The maximum atomic E-state index is 13.1. The number of hydrogen-bond acceptors (Lipinski definition) is 4. The lowest BCUT2D eigenvalue weighted by atomic mass is 10.1. The van der Waals surface area contributed by atoms with Crippen molar-refractivity contribution in [3.63, 3.8) is 0 Å². The fourth-order valence-corrected chi connectivity index (χ4v) is 3.08. The number of hydrogen-bond donors (Lipinski definition) is 1. The third-order valence-corrected chi connectivity index (χ3v) is 4.69. The van der Waals surface area contributed by atoms with Crippen molar-refractivity contribution >= 4 is 29.1 Å². The Morgan fingerprint density at radius 3 is 2.44 bits per heavy atom. The van der Waals surface area contributed by atoms with Crippen molar-refractivity contribution in [2.75, 3.05) is 11.9 Å². The first-order chi connectivity index (χ1) is 15.2. The first-order valence-corrected chi connectivity index (χ1v) is 9.53. The number of rotatable bonds is 6. The number of carbonyl (C=O) groups is 2. The summed E-state index contributed by atoms with van der Waals surface area (Å²) in [6.07, 6.45) is -3.28. The molecule has 0 aliphatic heterocycles. The van der Waals surface area contributed by atoms with Crippen molar-refractivity contribution in [1.82, 2.24) is 4.90 Å². The summed E-state index contributed by atoms with van der Waals surface area (Å²) in [6.45, 7) is -0.503. The minimum Gasteiger partial charge on any atom is -0.467 e. The highest BCUT2D eigenvalue weighted by Gasteiger charge is 2.33. The molecule has 1 aromatic heterocycles. The summed E-state index contributed by atoms with van der Waals surface area (Å²) < 4.78 is 44.4. The zero-order chi connectivity index (χ0) is 23.3. The highest BCUT2D eigenvalue weighted by molar-refractivity contribution is 6.31. The van der Waals surface area contributed by atoms with Crippen molar-refractivity contribution in [2.45, 2.75) is 12.7 Å². The van der Waals surface area contributed by atoms with Crippen LogP contribution in [0.2, 0.25) is 5.02 Å². The molecular formula is C22H15ClF3N3O3. The predicted molar refractivity (Wildman–Crippen MR) is 110 cm³/mol. The van der Waals surface area contributed by atoms with Crippen molar-refractivity contribution in [3.05, 3.63) is 88.3 Å². The fourth-order valence-electron chi connectivity index (χ4n) is 2.85. The Kier molecular flexibility index (Phi) is 6.85. The van der Waals surface area contributed by atoms with Crippen LogP contribution in [0.5, 0.6) is 0 Å². The average Bonchev–Trinajstić information content (AvgIpc) is 3.26. The summed E-state index contributed by atoms with van der Waals surface area (Å²) in [7, 11) is 0. The number of anilines is 1. The Morgan fingerprint density at radius 2 is 1.84 bits per heavy atom. The molecule has 3 rings (SSSR count). The molecule has 0 aliphatic carbocycles. The summed E-state index contributed by atoms with van der Waals surface area (Å²) >= 11 is 5.60. The van der Waals surface area contributed by atoms with Crippen LogP contribution < -0.4 is 5.32 Å². The van der Waals surface area contributed by atoms with E-state index in [1.54, 1.807) is 12.1 Å². The Hall–Kier alpha value is -3.77. The van der Waals surface area contributed by atoms with E-state index in [9.17, 15) is 22.8 Å². The third kappa shape index (κ3) is 5.68. The van der Waals surface area contributed by atoms with E-state index >= 15 is 0 Å². The van der Waals surface area contributed by atoms with Crippen molar-refractivity contribution in [1.29, 1.82) is 5.26 Å². The molecule has 10 heteroatoms. The second-order valence-corrected chi connectivity index (χ2v) is 7.08. The minimum absolute atomic E-state index is 0.0479. The van der Waals surface area contributed by atoms with Gasteiger partial charge < -0.3 is 14.6 Å². The van der Waals surface area contributed by atoms with E-state index in [1.165, 1.54) is 41.5 Å². The second-order valence-electron chi connectivity index (χ2n) is 6.67. The van der Waals surface area contributed by atoms with Gasteiger partial charge in [-0.25, -0.2) is 0 Å². The zero-order valence-corrected chi connectivity index (χ0v) is 17.1. The van der Waals surface area contributed by atoms with Crippen molar-refractivity contribution in [3.8, 4) is 6.07 Å². The van der Waals surface area contributed by atoms with Crippen LogP contribution in [0.3, 0.4) is 0 Å². The van der Waals surface area contributed by atoms with E-state index in [0.717, 1.165) is 12.1 Å². The summed E-state index contributed by atoms with van der Waals surface area (Å²) in [5.41, 5.74) is -0.608. The van der Waals surface area contributed by atoms with Crippen LogP contribution in [-0.4, -0.2) is 23.3 Å². The SMILES string of the molecule is N#Cc1ccc(C(=O)N(CC(=O)Nc2ccc(Cl)c(C(F)(F)F)c2)Cc2ccco2)cc1. The highest BCUT2D eigenvalue weighted by Crippen LogP contribution is 2.36. The van der Waals surface area contributed by atoms with Gasteiger partial charge in [0.25, 0.3) is 5.91 Å². The smallest absolute Gasteiger partial charge is 0.417 e. The number of nitrogens with one attached hydrogen (secondary N) is 1. The Labute approximate surface area is 185 Å². The number of furan rings is 1. The van der Waals surface area contributed by atoms with E-state index in [2.05, 4.69) is 5.32 Å². The molecule has 0 fully saturated rings. The van der Waals surface area contributed by atoms with Crippen LogP contribution in [0.15, 0.2) is 65.3 Å². The molecule has 0 saturated carbocycles. The number of benzene rings is 2. The standard InChI is InChI=1S/C22H15ClF3N3O3/c23-19-8-7-16(10-18(19)22(24,25)26)28-20(30)13-29(12-17-2-1-9-32-17)21(31)15-5-3-14(11-27)4-6-15/h1-10H,12-13H2,(H,28,30). The molecule has 0 radical (unpaired) electrons. The van der Waals surface area contributed by atoms with Crippen molar-refractivity contribution < 1.29 is 27.2 Å². The Morgan fingerprint density at radius 1 is 1.12 bits per heavy atom. The molecule has 6 nitrogen and oxygen atoms in total. The van der Waals surface area contributed by atoms with Crippen LogP contribution in [0.1, 0.15) is 27.2 Å². The monoisotopic (exact) mass is 461 g/mol. The minimum atomic E-state index is -4.69. The van der Waals surface area contributed by atoms with Gasteiger partial charge in [-0.3, -0.25) is 9.59 Å². The largest absolute Gasteiger partial charge is 0.467 e. The number of alkyl halides is 3. The first-order valence-electron chi connectivity index (χ1n) is 9.16. The van der Waals surface area contributed by atoms with Gasteiger partial charge >= 0.3 is 6.18 Å². The highest BCUT2D eigenvalue weighted by atomic mass is 35.5. The predicted octanol–water partition coefficient (Wildman–Crippen LogP) is 5.10. The topological polar surface area (TPSA) is 86.3 Å². The molecule has 1 N–H and O–H groups in total. The van der Waals surface area contributed by atoms with Crippen LogP contribution in [0.4, 0.5) is 18.9 Å². The maximum absolute atomic E-state index is 13.1. The molecule has 1 heterocycles. The van der Waals surface area contributed by atoms with Crippen LogP contribution in [-0.2, 0) is 17.5 Å². The molecule has 0 bridgehead atoms. The van der Waals surface area contributed by atoms with Gasteiger partial charge in [-0.2, -0.15) is 18.4 Å². The van der Waals surface area contributed by atoms with Gasteiger partial charge in [0.2, 0.25) is 5.91 Å². The van der Waals surface area contributed by atoms with Gasteiger partial charge in [0.05, 0.1) is 35.0 Å². The van der Waals surface area contributed by atoms with Gasteiger partial charge in [0, 0.05) is 11.3 Å². The van der Waals surface area contributed by atoms with Gasteiger partial charge in [-0.15, -0.1) is 0 Å². The molecule has 32 heavy (non-hydrogen) atoms. The lowest BCUT2D eigenvalue weighted by Crippen LogP contribution is -2.37.